The minimum absolute atomic E-state index is 0.612. The van der Waals surface area contributed by atoms with Crippen molar-refractivity contribution in [2.24, 2.45) is 4.99 Å². The fourth-order valence-electron chi connectivity index (χ4n) is 2.78. The van der Waals surface area contributed by atoms with Gasteiger partial charge in [-0.2, -0.15) is 0 Å². The number of ether oxygens (including phenoxy) is 1. The zero-order valence-corrected chi connectivity index (χ0v) is 15.6. The highest BCUT2D eigenvalue weighted by molar-refractivity contribution is 5.79. The molecule has 0 atom stereocenters. The minimum atomic E-state index is 0.612. The van der Waals surface area contributed by atoms with E-state index in [9.17, 15) is 0 Å². The van der Waals surface area contributed by atoms with Crippen molar-refractivity contribution in [1.82, 2.24) is 15.6 Å². The zero-order chi connectivity index (χ0) is 18.1. The molecule has 0 bridgehead atoms. The number of guanidine groups is 1. The van der Waals surface area contributed by atoms with Crippen molar-refractivity contribution in [3.63, 3.8) is 0 Å². The Morgan fingerprint density at radius 1 is 1.16 bits per heavy atom. The molecule has 0 aliphatic carbocycles. The summed E-state index contributed by atoms with van der Waals surface area (Å²) in [5.74, 6) is 1.69. The van der Waals surface area contributed by atoms with Gasteiger partial charge in [0.05, 0.1) is 19.3 Å². The molecule has 5 nitrogen and oxygen atoms in total. The number of aliphatic imine (C=N–C) groups is 1. The van der Waals surface area contributed by atoms with E-state index in [0.29, 0.717) is 6.54 Å². The summed E-state index contributed by atoms with van der Waals surface area (Å²) in [6, 6.07) is 10.5. The molecule has 134 valence electrons. The lowest BCUT2D eigenvalue weighted by Crippen LogP contribution is -2.37. The number of benzene rings is 1. The number of rotatable bonds is 7. The maximum Gasteiger partial charge on any atom is 0.191 e. The van der Waals surface area contributed by atoms with E-state index >= 15 is 0 Å². The Labute approximate surface area is 150 Å². The second-order valence-corrected chi connectivity index (χ2v) is 5.99. The third kappa shape index (κ3) is 5.48. The summed E-state index contributed by atoms with van der Waals surface area (Å²) in [7, 11) is 3.47. The standard InChI is InChI=1S/C20H28N4O/c1-15-13-23-18(16(2)19(15)25-4)14-24-20(21-3)22-12-8-11-17-9-6-5-7-10-17/h5-7,9-10,13H,8,11-12,14H2,1-4H3,(H2,21,22,24). The van der Waals surface area contributed by atoms with E-state index < -0.39 is 0 Å². The van der Waals surface area contributed by atoms with Crippen LogP contribution >= 0.6 is 0 Å². The first kappa shape index (κ1) is 18.8. The Kier molecular flexibility index (Phi) is 7.26. The van der Waals surface area contributed by atoms with Crippen molar-refractivity contribution < 1.29 is 4.74 Å². The molecule has 0 amide bonds. The fraction of sp³-hybridized carbons (Fsp3) is 0.400. The van der Waals surface area contributed by atoms with Crippen LogP contribution in [0.3, 0.4) is 0 Å². The second kappa shape index (κ2) is 9.67. The molecule has 2 aromatic rings. The van der Waals surface area contributed by atoms with E-state index in [1.54, 1.807) is 14.2 Å². The highest BCUT2D eigenvalue weighted by atomic mass is 16.5. The van der Waals surface area contributed by atoms with Crippen LogP contribution in [0.5, 0.6) is 5.75 Å². The maximum atomic E-state index is 5.46. The Bertz CT molecular complexity index is 698. The van der Waals surface area contributed by atoms with Crippen molar-refractivity contribution in [3.05, 3.63) is 58.9 Å². The van der Waals surface area contributed by atoms with Crippen LogP contribution in [0, 0.1) is 13.8 Å². The minimum Gasteiger partial charge on any atom is -0.496 e. The summed E-state index contributed by atoms with van der Waals surface area (Å²) in [6.07, 6.45) is 3.96. The van der Waals surface area contributed by atoms with Crippen molar-refractivity contribution in [2.75, 3.05) is 20.7 Å². The lowest BCUT2D eigenvalue weighted by atomic mass is 10.1. The molecular formula is C20H28N4O. The van der Waals surface area contributed by atoms with Crippen LogP contribution in [0.15, 0.2) is 41.5 Å². The third-order valence-corrected chi connectivity index (χ3v) is 4.17. The Hall–Kier alpha value is -2.56. The summed E-state index contributed by atoms with van der Waals surface area (Å²) in [4.78, 5) is 8.78. The Balaban J connectivity index is 1.81. The van der Waals surface area contributed by atoms with E-state index in [2.05, 4.69) is 44.9 Å². The van der Waals surface area contributed by atoms with E-state index in [-0.39, 0.29) is 0 Å². The third-order valence-electron chi connectivity index (χ3n) is 4.17. The number of hydrogen-bond donors (Lipinski definition) is 2. The molecule has 2 rings (SSSR count). The number of pyridine rings is 1. The van der Waals surface area contributed by atoms with E-state index in [4.69, 9.17) is 4.74 Å². The summed E-state index contributed by atoms with van der Waals surface area (Å²) in [6.45, 7) is 5.52. The lowest BCUT2D eigenvalue weighted by molar-refractivity contribution is 0.406. The molecule has 1 aromatic heterocycles. The largest absolute Gasteiger partial charge is 0.496 e. The van der Waals surface area contributed by atoms with Gasteiger partial charge in [-0.25, -0.2) is 0 Å². The van der Waals surface area contributed by atoms with Crippen LogP contribution in [0.4, 0.5) is 0 Å². The van der Waals surface area contributed by atoms with Crippen molar-refractivity contribution >= 4 is 5.96 Å². The molecule has 0 saturated carbocycles. The van der Waals surface area contributed by atoms with Gasteiger partial charge in [0.1, 0.15) is 5.75 Å². The fourth-order valence-corrected chi connectivity index (χ4v) is 2.78. The first-order chi connectivity index (χ1) is 12.2. The average molecular weight is 340 g/mol. The molecule has 0 aliphatic rings. The monoisotopic (exact) mass is 340 g/mol. The molecule has 0 aliphatic heterocycles. The summed E-state index contributed by atoms with van der Waals surface area (Å²) in [5.41, 5.74) is 4.44. The van der Waals surface area contributed by atoms with Crippen molar-refractivity contribution in [3.8, 4) is 5.75 Å². The molecule has 1 aromatic carbocycles. The van der Waals surface area contributed by atoms with Gasteiger partial charge < -0.3 is 15.4 Å². The van der Waals surface area contributed by atoms with Gasteiger partial charge in [0.25, 0.3) is 0 Å². The molecule has 0 unspecified atom stereocenters. The zero-order valence-electron chi connectivity index (χ0n) is 15.6. The lowest BCUT2D eigenvalue weighted by Gasteiger charge is -2.15. The van der Waals surface area contributed by atoms with Crippen LogP contribution in [-0.4, -0.2) is 31.6 Å². The van der Waals surface area contributed by atoms with Crippen LogP contribution in [0.2, 0.25) is 0 Å². The number of aryl methyl sites for hydroxylation is 2. The SMILES string of the molecule is CN=C(NCCCc1ccccc1)NCc1ncc(C)c(OC)c1C. The maximum absolute atomic E-state index is 5.46. The quantitative estimate of drug-likeness (QED) is 0.462. The summed E-state index contributed by atoms with van der Waals surface area (Å²) >= 11 is 0. The predicted octanol–water partition coefficient (Wildman–Crippen LogP) is 3.00. The number of nitrogens with one attached hydrogen (secondary N) is 2. The first-order valence-electron chi connectivity index (χ1n) is 8.63. The number of nitrogens with zero attached hydrogens (tertiary/aromatic N) is 2. The molecule has 0 spiro atoms. The molecule has 2 N–H and O–H groups in total. The molecule has 0 fully saturated rings. The molecule has 0 saturated heterocycles. The summed E-state index contributed by atoms with van der Waals surface area (Å²) < 4.78 is 5.46. The highest BCUT2D eigenvalue weighted by Crippen LogP contribution is 2.23. The van der Waals surface area contributed by atoms with Gasteiger partial charge in [0, 0.05) is 30.9 Å². The van der Waals surface area contributed by atoms with E-state index in [1.807, 2.05) is 26.1 Å². The Morgan fingerprint density at radius 3 is 2.60 bits per heavy atom. The van der Waals surface area contributed by atoms with E-state index in [1.165, 1.54) is 5.56 Å². The van der Waals surface area contributed by atoms with Gasteiger partial charge in [-0.3, -0.25) is 9.98 Å². The topological polar surface area (TPSA) is 58.5 Å². The number of hydrogen-bond acceptors (Lipinski definition) is 3. The van der Waals surface area contributed by atoms with Crippen LogP contribution in [-0.2, 0) is 13.0 Å². The second-order valence-electron chi connectivity index (χ2n) is 5.99. The van der Waals surface area contributed by atoms with Gasteiger partial charge in [-0.1, -0.05) is 30.3 Å². The highest BCUT2D eigenvalue weighted by Gasteiger charge is 2.09. The van der Waals surface area contributed by atoms with Gasteiger partial charge in [-0.05, 0) is 32.3 Å². The molecular weight excluding hydrogens is 312 g/mol. The smallest absolute Gasteiger partial charge is 0.191 e. The first-order valence-corrected chi connectivity index (χ1v) is 8.63. The van der Waals surface area contributed by atoms with Gasteiger partial charge in [0.15, 0.2) is 5.96 Å². The van der Waals surface area contributed by atoms with Gasteiger partial charge in [-0.15, -0.1) is 0 Å². The number of aromatic nitrogens is 1. The molecule has 0 radical (unpaired) electrons. The van der Waals surface area contributed by atoms with Gasteiger partial charge in [0.2, 0.25) is 0 Å². The van der Waals surface area contributed by atoms with Crippen LogP contribution in [0.1, 0.15) is 28.8 Å². The molecule has 5 heteroatoms. The van der Waals surface area contributed by atoms with Crippen LogP contribution in [0.25, 0.3) is 0 Å². The summed E-state index contributed by atoms with van der Waals surface area (Å²) in [5, 5.41) is 6.67. The average Bonchev–Trinajstić information content (AvgIpc) is 2.64. The Morgan fingerprint density at radius 2 is 1.92 bits per heavy atom. The molecule has 25 heavy (non-hydrogen) atoms. The van der Waals surface area contributed by atoms with Crippen LogP contribution < -0.4 is 15.4 Å². The number of methoxy groups -OCH3 is 1. The predicted molar refractivity (Wildman–Crippen MR) is 103 cm³/mol. The van der Waals surface area contributed by atoms with Crippen molar-refractivity contribution in [2.45, 2.75) is 33.2 Å². The van der Waals surface area contributed by atoms with E-state index in [0.717, 1.165) is 47.9 Å². The molecule has 1 heterocycles. The van der Waals surface area contributed by atoms with Gasteiger partial charge >= 0.3 is 0 Å². The normalized spacial score (nSPS) is 11.3. The van der Waals surface area contributed by atoms with Crippen molar-refractivity contribution in [1.29, 1.82) is 0 Å².